The Morgan fingerprint density at radius 3 is 2.59 bits per heavy atom. The quantitative estimate of drug-likeness (QED) is 0.712. The molecule has 0 fully saturated rings. The number of rotatable bonds is 3. The molecule has 6 nitrogen and oxygen atoms in total. The minimum atomic E-state index is -4.69. The van der Waals surface area contributed by atoms with E-state index in [0.29, 0.717) is 0 Å². The van der Waals surface area contributed by atoms with Crippen LogP contribution in [-0.2, 0) is 6.18 Å². The van der Waals surface area contributed by atoms with Gasteiger partial charge in [-0.25, -0.2) is 15.2 Å². The van der Waals surface area contributed by atoms with Gasteiger partial charge in [0.05, 0.1) is 7.11 Å². The van der Waals surface area contributed by atoms with Crippen LogP contribution in [0.5, 0.6) is 5.75 Å². The van der Waals surface area contributed by atoms with Crippen molar-refractivity contribution in [3.05, 3.63) is 17.8 Å². The maximum absolute atomic E-state index is 12.5. The highest BCUT2D eigenvalue weighted by Gasteiger charge is 2.36. The Balaban J connectivity index is 3.01. The molecule has 94 valence electrons. The first-order valence-electron chi connectivity index (χ1n) is 4.21. The first-order chi connectivity index (χ1) is 7.84. The molecule has 0 aliphatic rings. The van der Waals surface area contributed by atoms with Gasteiger partial charge in [-0.1, -0.05) is 0 Å². The van der Waals surface area contributed by atoms with E-state index in [1.807, 2.05) is 5.43 Å². The summed E-state index contributed by atoms with van der Waals surface area (Å²) in [7, 11) is 1.08. The average molecular weight is 251 g/mol. The summed E-state index contributed by atoms with van der Waals surface area (Å²) in [4.78, 5) is 13.3. The van der Waals surface area contributed by atoms with Crippen LogP contribution in [0.3, 0.4) is 0 Å². The summed E-state index contributed by atoms with van der Waals surface area (Å²) < 4.78 is 42.0. The number of halogens is 3. The van der Waals surface area contributed by atoms with Gasteiger partial charge in [-0.2, -0.15) is 13.2 Å². The van der Waals surface area contributed by atoms with Crippen molar-refractivity contribution in [2.24, 2.45) is 0 Å². The van der Waals surface area contributed by atoms with E-state index >= 15 is 0 Å². The number of anilines is 1. The molecule has 9 heteroatoms. The number of ether oxygens (including phenoxy) is 1. The lowest BCUT2D eigenvalue weighted by atomic mass is 10.3. The molecule has 0 saturated carbocycles. The van der Waals surface area contributed by atoms with Gasteiger partial charge in [-0.15, -0.1) is 0 Å². The molecule has 0 spiro atoms. The third-order valence-electron chi connectivity index (χ3n) is 1.64. The van der Waals surface area contributed by atoms with Crippen molar-refractivity contribution in [3.8, 4) is 5.75 Å². The fourth-order valence-corrected chi connectivity index (χ4v) is 1.00. The molecular weight excluding hydrogens is 243 g/mol. The molecular formula is C8H8F3N3O3. The maximum atomic E-state index is 12.5. The van der Waals surface area contributed by atoms with Crippen LogP contribution in [-0.4, -0.2) is 23.3 Å². The van der Waals surface area contributed by atoms with Crippen molar-refractivity contribution >= 4 is 11.9 Å². The first-order valence-corrected chi connectivity index (χ1v) is 4.21. The van der Waals surface area contributed by atoms with Crippen molar-refractivity contribution in [1.82, 2.24) is 10.4 Å². The van der Waals surface area contributed by atoms with Crippen LogP contribution in [0.2, 0.25) is 0 Å². The van der Waals surface area contributed by atoms with Crippen LogP contribution in [0, 0.1) is 0 Å². The summed E-state index contributed by atoms with van der Waals surface area (Å²) >= 11 is 0. The molecule has 1 aromatic rings. The smallest absolute Gasteiger partial charge is 0.437 e. The molecule has 1 rings (SSSR count). The number of carboxylic acid groups (broad SMARTS) is 1. The van der Waals surface area contributed by atoms with Gasteiger partial charge in [0, 0.05) is 0 Å². The second kappa shape index (κ2) is 4.76. The number of nitrogens with zero attached hydrogens (tertiary/aromatic N) is 1. The summed E-state index contributed by atoms with van der Waals surface area (Å²) in [5.41, 5.74) is 2.43. The predicted octanol–water partition coefficient (Wildman–Crippen LogP) is 1.70. The number of amides is 1. The molecule has 0 atom stereocenters. The van der Waals surface area contributed by atoms with E-state index in [2.05, 4.69) is 9.72 Å². The first kappa shape index (κ1) is 12.9. The highest BCUT2D eigenvalue weighted by Crippen LogP contribution is 2.35. The topological polar surface area (TPSA) is 83.5 Å². The van der Waals surface area contributed by atoms with Crippen LogP contribution in [0.25, 0.3) is 0 Å². The lowest BCUT2D eigenvalue weighted by Gasteiger charge is -2.12. The normalized spacial score (nSPS) is 10.8. The number of pyridine rings is 1. The van der Waals surface area contributed by atoms with Crippen LogP contribution in [0.15, 0.2) is 12.1 Å². The van der Waals surface area contributed by atoms with E-state index in [1.165, 1.54) is 0 Å². The summed E-state index contributed by atoms with van der Waals surface area (Å²) in [5, 5.41) is 8.26. The lowest BCUT2D eigenvalue weighted by Crippen LogP contribution is -2.28. The number of methoxy groups -OCH3 is 1. The Morgan fingerprint density at radius 1 is 1.47 bits per heavy atom. The largest absolute Gasteiger partial charge is 0.494 e. The summed E-state index contributed by atoms with van der Waals surface area (Å²) in [6, 6.07) is 2.17. The second-order valence-electron chi connectivity index (χ2n) is 2.80. The van der Waals surface area contributed by atoms with Crippen molar-refractivity contribution in [2.75, 3.05) is 12.5 Å². The van der Waals surface area contributed by atoms with E-state index in [0.717, 1.165) is 19.2 Å². The Bertz CT molecular complexity index is 422. The summed E-state index contributed by atoms with van der Waals surface area (Å²) in [6.45, 7) is 0. The molecule has 0 aliphatic carbocycles. The molecule has 17 heavy (non-hydrogen) atoms. The van der Waals surface area contributed by atoms with Gasteiger partial charge >= 0.3 is 12.3 Å². The zero-order valence-corrected chi connectivity index (χ0v) is 8.50. The van der Waals surface area contributed by atoms with Crippen LogP contribution in [0.1, 0.15) is 5.69 Å². The second-order valence-corrected chi connectivity index (χ2v) is 2.80. The van der Waals surface area contributed by atoms with E-state index in [4.69, 9.17) is 5.11 Å². The Morgan fingerprint density at radius 2 is 2.12 bits per heavy atom. The summed E-state index contributed by atoms with van der Waals surface area (Å²) in [6.07, 6.45) is -6.14. The van der Waals surface area contributed by atoms with E-state index < -0.39 is 23.7 Å². The Labute approximate surface area is 93.4 Å². The predicted molar refractivity (Wildman–Crippen MR) is 50.6 cm³/mol. The fraction of sp³-hybridized carbons (Fsp3) is 0.250. The van der Waals surface area contributed by atoms with Crippen molar-refractivity contribution in [2.45, 2.75) is 6.18 Å². The molecule has 0 aliphatic heterocycles. The Hall–Kier alpha value is -2.19. The number of hydrogen-bond donors (Lipinski definition) is 3. The molecule has 0 bridgehead atoms. The van der Waals surface area contributed by atoms with E-state index in [1.54, 1.807) is 5.43 Å². The Kier molecular flexibility index (Phi) is 3.61. The number of hydrogen-bond acceptors (Lipinski definition) is 4. The number of hydrazine groups is 1. The van der Waals surface area contributed by atoms with Crippen LogP contribution in [0.4, 0.5) is 23.8 Å². The summed E-state index contributed by atoms with van der Waals surface area (Å²) in [5.74, 6) is -0.737. The van der Waals surface area contributed by atoms with Gasteiger partial charge in [-0.05, 0) is 12.1 Å². The third-order valence-corrected chi connectivity index (χ3v) is 1.64. The highest BCUT2D eigenvalue weighted by atomic mass is 19.4. The number of nitrogens with one attached hydrogen (secondary N) is 2. The lowest BCUT2D eigenvalue weighted by molar-refractivity contribution is -0.142. The van der Waals surface area contributed by atoms with Gasteiger partial charge < -0.3 is 9.84 Å². The molecule has 1 amide bonds. The minimum absolute atomic E-state index is 0.291. The third kappa shape index (κ3) is 3.40. The number of alkyl halides is 3. The standard InChI is InChI=1S/C8H8F3N3O3/c1-17-4-2-3-5(13-14-7(15)16)12-6(4)8(9,10)11/h2-3,14H,1H3,(H,12,13)(H,15,16). The zero-order chi connectivity index (χ0) is 13.1. The molecule has 0 saturated heterocycles. The molecule has 3 N–H and O–H groups in total. The molecule has 0 unspecified atom stereocenters. The van der Waals surface area contributed by atoms with Crippen molar-refractivity contribution in [3.63, 3.8) is 0 Å². The zero-order valence-electron chi connectivity index (χ0n) is 8.50. The van der Waals surface area contributed by atoms with Gasteiger partial charge in [0.2, 0.25) is 0 Å². The van der Waals surface area contributed by atoms with E-state index in [-0.39, 0.29) is 5.82 Å². The number of aromatic nitrogens is 1. The molecule has 0 radical (unpaired) electrons. The van der Waals surface area contributed by atoms with Gasteiger partial charge in [0.25, 0.3) is 0 Å². The molecule has 1 aromatic heterocycles. The minimum Gasteiger partial charge on any atom is -0.494 e. The van der Waals surface area contributed by atoms with Crippen LogP contribution >= 0.6 is 0 Å². The number of carbonyl (C=O) groups is 1. The SMILES string of the molecule is COc1ccc(NNC(=O)O)nc1C(F)(F)F. The van der Waals surface area contributed by atoms with Crippen molar-refractivity contribution < 1.29 is 27.8 Å². The highest BCUT2D eigenvalue weighted by molar-refractivity contribution is 5.66. The van der Waals surface area contributed by atoms with Gasteiger partial charge in [-0.3, -0.25) is 5.43 Å². The van der Waals surface area contributed by atoms with Crippen LogP contribution < -0.4 is 15.6 Å². The van der Waals surface area contributed by atoms with Crippen molar-refractivity contribution in [1.29, 1.82) is 0 Å². The average Bonchev–Trinajstić information content (AvgIpc) is 2.24. The van der Waals surface area contributed by atoms with Gasteiger partial charge in [0.1, 0.15) is 11.6 Å². The molecule has 1 heterocycles. The van der Waals surface area contributed by atoms with E-state index in [9.17, 15) is 18.0 Å². The fourth-order valence-electron chi connectivity index (χ4n) is 1.00. The van der Waals surface area contributed by atoms with Gasteiger partial charge in [0.15, 0.2) is 5.69 Å². The monoisotopic (exact) mass is 251 g/mol. The maximum Gasteiger partial charge on any atom is 0.437 e. The molecule has 0 aromatic carbocycles.